The van der Waals surface area contributed by atoms with Crippen LogP contribution in [0.3, 0.4) is 0 Å². The fourth-order valence-electron chi connectivity index (χ4n) is 1.52. The molecule has 0 N–H and O–H groups in total. The van der Waals surface area contributed by atoms with Crippen molar-refractivity contribution < 1.29 is 0 Å². The van der Waals surface area contributed by atoms with E-state index in [4.69, 9.17) is 18.0 Å². The second kappa shape index (κ2) is 6.07. The summed E-state index contributed by atoms with van der Waals surface area (Å²) in [5.41, 5.74) is 1.47. The van der Waals surface area contributed by atoms with Gasteiger partial charge < -0.3 is 4.57 Å². The van der Waals surface area contributed by atoms with Crippen molar-refractivity contribution in [2.75, 3.05) is 5.75 Å². The highest BCUT2D eigenvalue weighted by atomic mass is 35.5. The van der Waals surface area contributed by atoms with E-state index < -0.39 is 0 Å². The van der Waals surface area contributed by atoms with Gasteiger partial charge in [0.25, 0.3) is 0 Å². The molecular weight excluding hydrogens is 268 g/mol. The summed E-state index contributed by atoms with van der Waals surface area (Å²) in [7, 11) is 0. The second-order valence-electron chi connectivity index (χ2n) is 3.75. The number of halogens is 1. The number of fused-ring (bicyclic) bond motifs is 1. The van der Waals surface area contributed by atoms with Crippen LogP contribution in [0.5, 0.6) is 0 Å². The van der Waals surface area contributed by atoms with Gasteiger partial charge >= 0.3 is 0 Å². The first-order valence-corrected chi connectivity index (χ1v) is 7.07. The van der Waals surface area contributed by atoms with E-state index in [0.717, 1.165) is 29.1 Å². The predicted octanol–water partition coefficient (Wildman–Crippen LogP) is 3.01. The van der Waals surface area contributed by atoms with Crippen molar-refractivity contribution >= 4 is 34.5 Å². The quantitative estimate of drug-likeness (QED) is 0.278. The minimum absolute atomic E-state index is 0.236. The Bertz CT molecular complexity index is 588. The Kier molecular flexibility index (Phi) is 4.45. The number of rotatable bonds is 5. The van der Waals surface area contributed by atoms with Crippen LogP contribution < -0.4 is 0 Å². The lowest BCUT2D eigenvalue weighted by Gasteiger charge is -2.02. The molecule has 0 aromatic carbocycles. The van der Waals surface area contributed by atoms with E-state index in [2.05, 4.69) is 27.8 Å². The van der Waals surface area contributed by atoms with Crippen LogP contribution in [0.2, 0.25) is 5.28 Å². The molecule has 6 heteroatoms. The molecular formula is C12H13ClN4S. The van der Waals surface area contributed by atoms with E-state index in [1.165, 1.54) is 0 Å². The van der Waals surface area contributed by atoms with Gasteiger partial charge in [-0.2, -0.15) is 4.98 Å². The summed E-state index contributed by atoms with van der Waals surface area (Å²) in [6, 6.07) is 0. The standard InChI is InChI=1S/C12H13ClN4S/c1-3-5-7-18-11-9-10(15-12(13)16-11)17(6-4-2)8-14-9/h2,8H,3,5-7H2,1H3. The third-order valence-electron chi connectivity index (χ3n) is 2.40. The highest BCUT2D eigenvalue weighted by molar-refractivity contribution is 7.99. The molecule has 2 aromatic rings. The Morgan fingerprint density at radius 3 is 3.06 bits per heavy atom. The molecule has 0 fully saturated rings. The second-order valence-corrected chi connectivity index (χ2v) is 5.17. The topological polar surface area (TPSA) is 43.6 Å². The molecule has 0 radical (unpaired) electrons. The number of terminal acetylenes is 1. The summed E-state index contributed by atoms with van der Waals surface area (Å²) in [6.45, 7) is 2.59. The van der Waals surface area contributed by atoms with E-state index in [-0.39, 0.29) is 5.28 Å². The number of nitrogens with zero attached hydrogens (tertiary/aromatic N) is 4. The monoisotopic (exact) mass is 280 g/mol. The van der Waals surface area contributed by atoms with Gasteiger partial charge in [-0.3, -0.25) is 0 Å². The Morgan fingerprint density at radius 2 is 2.33 bits per heavy atom. The van der Waals surface area contributed by atoms with Crippen LogP contribution >= 0.6 is 23.4 Å². The molecule has 0 aliphatic heterocycles. The maximum Gasteiger partial charge on any atom is 0.225 e. The van der Waals surface area contributed by atoms with Gasteiger partial charge in [0.15, 0.2) is 5.65 Å². The average Bonchev–Trinajstić information content (AvgIpc) is 2.73. The Morgan fingerprint density at radius 1 is 1.50 bits per heavy atom. The molecule has 2 rings (SSSR count). The molecule has 0 amide bonds. The Balaban J connectivity index is 2.38. The SMILES string of the molecule is C#CCn1cnc2c(SCCCC)nc(Cl)nc21. The Labute approximate surface area is 115 Å². The third-order valence-corrected chi connectivity index (χ3v) is 3.62. The van der Waals surface area contributed by atoms with E-state index in [1.807, 2.05) is 0 Å². The maximum atomic E-state index is 5.94. The van der Waals surface area contributed by atoms with Crippen molar-refractivity contribution in [2.45, 2.75) is 31.3 Å². The van der Waals surface area contributed by atoms with Crippen molar-refractivity contribution in [3.63, 3.8) is 0 Å². The Hall–Kier alpha value is -1.25. The first kappa shape index (κ1) is 13.2. The largest absolute Gasteiger partial charge is 0.303 e. The smallest absolute Gasteiger partial charge is 0.225 e. The molecule has 0 saturated heterocycles. The van der Waals surface area contributed by atoms with E-state index in [9.17, 15) is 0 Å². The van der Waals surface area contributed by atoms with Gasteiger partial charge in [0, 0.05) is 0 Å². The number of aromatic nitrogens is 4. The third kappa shape index (κ3) is 2.77. The van der Waals surface area contributed by atoms with Gasteiger partial charge in [-0.15, -0.1) is 18.2 Å². The summed E-state index contributed by atoms with van der Waals surface area (Å²) >= 11 is 7.59. The molecule has 0 spiro atoms. The number of unbranched alkanes of at least 4 members (excludes halogenated alkanes) is 1. The molecule has 0 aliphatic rings. The zero-order valence-corrected chi connectivity index (χ0v) is 11.6. The zero-order chi connectivity index (χ0) is 13.0. The lowest BCUT2D eigenvalue weighted by Crippen LogP contribution is -1.97. The van der Waals surface area contributed by atoms with Gasteiger partial charge in [-0.1, -0.05) is 19.3 Å². The molecule has 0 bridgehead atoms. The summed E-state index contributed by atoms with van der Waals surface area (Å²) in [5, 5.41) is 1.06. The molecule has 4 nitrogen and oxygen atoms in total. The van der Waals surface area contributed by atoms with Crippen molar-refractivity contribution in [3.05, 3.63) is 11.6 Å². The van der Waals surface area contributed by atoms with Crippen molar-refractivity contribution in [2.24, 2.45) is 0 Å². The fourth-order valence-corrected chi connectivity index (χ4v) is 2.79. The normalized spacial score (nSPS) is 10.7. The summed E-state index contributed by atoms with van der Waals surface area (Å²) in [4.78, 5) is 12.7. The number of imidazole rings is 1. The fraction of sp³-hybridized carbons (Fsp3) is 0.417. The lowest BCUT2D eigenvalue weighted by molar-refractivity contribution is 0.855. The van der Waals surface area contributed by atoms with Crippen LogP contribution in [0.25, 0.3) is 11.2 Å². The van der Waals surface area contributed by atoms with Crippen LogP contribution in [-0.2, 0) is 6.54 Å². The summed E-state index contributed by atoms with van der Waals surface area (Å²) < 4.78 is 1.80. The van der Waals surface area contributed by atoms with Crippen molar-refractivity contribution in [1.29, 1.82) is 0 Å². The first-order valence-electron chi connectivity index (χ1n) is 5.71. The zero-order valence-electron chi connectivity index (χ0n) is 10.1. The first-order chi connectivity index (χ1) is 8.76. The van der Waals surface area contributed by atoms with Crippen molar-refractivity contribution in [3.8, 4) is 12.3 Å². The molecule has 2 aromatic heterocycles. The van der Waals surface area contributed by atoms with Crippen LogP contribution in [0.1, 0.15) is 19.8 Å². The molecule has 0 unspecified atom stereocenters. The van der Waals surface area contributed by atoms with Crippen LogP contribution in [0.4, 0.5) is 0 Å². The number of hydrogen-bond acceptors (Lipinski definition) is 4. The number of thioether (sulfide) groups is 1. The average molecular weight is 281 g/mol. The minimum Gasteiger partial charge on any atom is -0.303 e. The van der Waals surface area contributed by atoms with Crippen LogP contribution in [0.15, 0.2) is 11.4 Å². The van der Waals surface area contributed by atoms with E-state index in [1.54, 1.807) is 22.7 Å². The highest BCUT2D eigenvalue weighted by Gasteiger charge is 2.12. The highest BCUT2D eigenvalue weighted by Crippen LogP contribution is 2.26. The molecule has 0 saturated carbocycles. The summed E-state index contributed by atoms with van der Waals surface area (Å²) in [5.74, 6) is 3.57. The van der Waals surface area contributed by atoms with Crippen LogP contribution in [-0.4, -0.2) is 25.3 Å². The summed E-state index contributed by atoms with van der Waals surface area (Å²) in [6.07, 6.45) is 9.28. The minimum atomic E-state index is 0.236. The number of hydrogen-bond donors (Lipinski definition) is 0. The molecule has 0 atom stereocenters. The maximum absolute atomic E-state index is 5.94. The van der Waals surface area contributed by atoms with Gasteiger partial charge in [0.2, 0.25) is 5.28 Å². The van der Waals surface area contributed by atoms with Crippen molar-refractivity contribution in [1.82, 2.24) is 19.5 Å². The lowest BCUT2D eigenvalue weighted by atomic mass is 10.4. The van der Waals surface area contributed by atoms with Gasteiger partial charge in [0.05, 0.1) is 12.9 Å². The van der Waals surface area contributed by atoms with Gasteiger partial charge in [-0.25, -0.2) is 9.97 Å². The molecule has 94 valence electrons. The molecule has 18 heavy (non-hydrogen) atoms. The van der Waals surface area contributed by atoms with Gasteiger partial charge in [0.1, 0.15) is 10.5 Å². The van der Waals surface area contributed by atoms with E-state index in [0.29, 0.717) is 12.2 Å². The molecule has 0 aliphatic carbocycles. The predicted molar refractivity (Wildman–Crippen MR) is 74.8 cm³/mol. The van der Waals surface area contributed by atoms with Gasteiger partial charge in [-0.05, 0) is 23.8 Å². The van der Waals surface area contributed by atoms with Crippen LogP contribution in [0, 0.1) is 12.3 Å². The van der Waals surface area contributed by atoms with E-state index >= 15 is 0 Å². The molecule has 2 heterocycles.